The third-order valence-electron chi connectivity index (χ3n) is 5.16. The summed E-state index contributed by atoms with van der Waals surface area (Å²) in [6, 6.07) is 0. The molecule has 0 bridgehead atoms. The Labute approximate surface area is 158 Å². The predicted octanol–water partition coefficient (Wildman–Crippen LogP) is 5.19. The summed E-state index contributed by atoms with van der Waals surface area (Å²) >= 11 is 0. The van der Waals surface area contributed by atoms with Gasteiger partial charge >= 0.3 is 5.97 Å². The standard InChI is InChI=1S/C22H36O4/c1-3-5-8-11-19(23)16-14-18-15-17-21(24)20(18)12-9-6-7-10-13-22(25)26-4-2/h14,16,18,20H,3-13,15,17H2,1-2H3/t18-,20+/m0/s1. The third kappa shape index (κ3) is 9.30. The highest BCUT2D eigenvalue weighted by Crippen LogP contribution is 2.33. The highest BCUT2D eigenvalue weighted by molar-refractivity contribution is 5.90. The van der Waals surface area contributed by atoms with Gasteiger partial charge in [0, 0.05) is 25.2 Å². The van der Waals surface area contributed by atoms with Gasteiger partial charge in [-0.1, -0.05) is 45.1 Å². The van der Waals surface area contributed by atoms with Gasteiger partial charge in [-0.05, 0) is 44.6 Å². The van der Waals surface area contributed by atoms with Crippen LogP contribution in [-0.4, -0.2) is 24.1 Å². The first-order valence-corrected chi connectivity index (χ1v) is 10.5. The van der Waals surface area contributed by atoms with Crippen molar-refractivity contribution in [2.24, 2.45) is 11.8 Å². The van der Waals surface area contributed by atoms with Crippen LogP contribution in [0.2, 0.25) is 0 Å². The number of esters is 1. The Hall–Kier alpha value is -1.45. The van der Waals surface area contributed by atoms with Crippen LogP contribution < -0.4 is 0 Å². The minimum atomic E-state index is -0.118. The number of carbonyl (C=O) groups excluding carboxylic acids is 3. The lowest BCUT2D eigenvalue weighted by Gasteiger charge is -2.14. The van der Waals surface area contributed by atoms with Crippen molar-refractivity contribution in [3.63, 3.8) is 0 Å². The maximum Gasteiger partial charge on any atom is 0.305 e. The Bertz CT molecular complexity index is 467. The van der Waals surface area contributed by atoms with Crippen LogP contribution in [0.4, 0.5) is 0 Å². The third-order valence-corrected chi connectivity index (χ3v) is 5.16. The number of rotatable bonds is 14. The summed E-state index contributed by atoms with van der Waals surface area (Å²) in [5.41, 5.74) is 0. The molecule has 1 aliphatic rings. The average Bonchev–Trinajstić information content (AvgIpc) is 2.96. The van der Waals surface area contributed by atoms with Crippen molar-refractivity contribution in [2.45, 2.75) is 90.9 Å². The first kappa shape index (κ1) is 22.6. The summed E-state index contributed by atoms with van der Waals surface area (Å²) in [5, 5.41) is 0. The van der Waals surface area contributed by atoms with Gasteiger partial charge in [0.25, 0.3) is 0 Å². The molecular formula is C22H36O4. The summed E-state index contributed by atoms with van der Waals surface area (Å²) in [5.74, 6) is 0.740. The minimum absolute atomic E-state index is 0.0831. The zero-order chi connectivity index (χ0) is 19.2. The van der Waals surface area contributed by atoms with Crippen molar-refractivity contribution in [3.05, 3.63) is 12.2 Å². The molecule has 4 heteroatoms. The number of allylic oxidation sites excluding steroid dienone is 2. The van der Waals surface area contributed by atoms with Crippen molar-refractivity contribution in [1.29, 1.82) is 0 Å². The van der Waals surface area contributed by atoms with Gasteiger partial charge in [0.15, 0.2) is 5.78 Å². The van der Waals surface area contributed by atoms with Crippen LogP contribution in [0.1, 0.15) is 90.9 Å². The van der Waals surface area contributed by atoms with Gasteiger partial charge in [0.1, 0.15) is 5.78 Å². The first-order valence-electron chi connectivity index (χ1n) is 10.5. The van der Waals surface area contributed by atoms with E-state index in [1.165, 1.54) is 0 Å². The fraction of sp³-hybridized carbons (Fsp3) is 0.773. The monoisotopic (exact) mass is 364 g/mol. The molecule has 4 nitrogen and oxygen atoms in total. The number of ether oxygens (including phenoxy) is 1. The van der Waals surface area contributed by atoms with Crippen LogP contribution in [0.25, 0.3) is 0 Å². The molecule has 0 heterocycles. The van der Waals surface area contributed by atoms with E-state index in [1.54, 1.807) is 6.08 Å². The number of hydrogen-bond acceptors (Lipinski definition) is 4. The van der Waals surface area contributed by atoms with E-state index < -0.39 is 0 Å². The Kier molecular flexibility index (Phi) is 11.9. The Morgan fingerprint density at radius 3 is 2.50 bits per heavy atom. The number of unbranched alkanes of at least 4 members (excludes halogenated alkanes) is 5. The Morgan fingerprint density at radius 2 is 1.77 bits per heavy atom. The Balaban J connectivity index is 2.25. The van der Waals surface area contributed by atoms with E-state index in [0.29, 0.717) is 31.7 Å². The zero-order valence-corrected chi connectivity index (χ0v) is 16.6. The van der Waals surface area contributed by atoms with Crippen LogP contribution >= 0.6 is 0 Å². The van der Waals surface area contributed by atoms with Crippen LogP contribution in [0.15, 0.2) is 12.2 Å². The second kappa shape index (κ2) is 13.7. The molecule has 0 N–H and O–H groups in total. The molecule has 0 saturated heterocycles. The quantitative estimate of drug-likeness (QED) is 0.242. The number of Topliss-reactive ketones (excluding diaryl/α,β-unsaturated/α-hetero) is 1. The summed E-state index contributed by atoms with van der Waals surface area (Å²) in [7, 11) is 0. The molecule has 26 heavy (non-hydrogen) atoms. The van der Waals surface area contributed by atoms with Gasteiger partial charge in [-0.2, -0.15) is 0 Å². The fourth-order valence-corrected chi connectivity index (χ4v) is 3.62. The first-order chi connectivity index (χ1) is 12.6. The lowest BCUT2D eigenvalue weighted by atomic mass is 9.89. The molecule has 1 rings (SSSR count). The molecular weight excluding hydrogens is 328 g/mol. The van der Waals surface area contributed by atoms with E-state index in [-0.39, 0.29) is 23.6 Å². The van der Waals surface area contributed by atoms with Crippen molar-refractivity contribution in [2.75, 3.05) is 6.61 Å². The molecule has 1 fully saturated rings. The molecule has 0 aliphatic heterocycles. The maximum atomic E-state index is 12.1. The molecule has 0 radical (unpaired) electrons. The van der Waals surface area contributed by atoms with Crippen molar-refractivity contribution in [3.8, 4) is 0 Å². The van der Waals surface area contributed by atoms with Gasteiger partial charge in [-0.3, -0.25) is 14.4 Å². The topological polar surface area (TPSA) is 60.4 Å². The molecule has 0 aromatic rings. The van der Waals surface area contributed by atoms with E-state index in [0.717, 1.165) is 57.8 Å². The number of carbonyl (C=O) groups is 3. The van der Waals surface area contributed by atoms with E-state index in [2.05, 4.69) is 6.92 Å². The van der Waals surface area contributed by atoms with Gasteiger partial charge in [0.05, 0.1) is 6.61 Å². The maximum absolute atomic E-state index is 12.1. The van der Waals surface area contributed by atoms with Gasteiger partial charge < -0.3 is 4.74 Å². The van der Waals surface area contributed by atoms with E-state index in [4.69, 9.17) is 4.74 Å². The summed E-state index contributed by atoms with van der Waals surface area (Å²) in [6.45, 7) is 4.39. The lowest BCUT2D eigenvalue weighted by Crippen LogP contribution is -2.13. The zero-order valence-electron chi connectivity index (χ0n) is 16.6. The molecule has 148 valence electrons. The fourth-order valence-electron chi connectivity index (χ4n) is 3.62. The molecule has 0 unspecified atom stereocenters. The average molecular weight is 365 g/mol. The van der Waals surface area contributed by atoms with E-state index in [1.807, 2.05) is 13.0 Å². The molecule has 0 spiro atoms. The highest BCUT2D eigenvalue weighted by Gasteiger charge is 2.32. The smallest absolute Gasteiger partial charge is 0.305 e. The van der Waals surface area contributed by atoms with Crippen LogP contribution in [0, 0.1) is 11.8 Å². The van der Waals surface area contributed by atoms with Crippen LogP contribution in [0.5, 0.6) is 0 Å². The highest BCUT2D eigenvalue weighted by atomic mass is 16.5. The van der Waals surface area contributed by atoms with E-state index >= 15 is 0 Å². The molecule has 0 amide bonds. The minimum Gasteiger partial charge on any atom is -0.466 e. The summed E-state index contributed by atoms with van der Waals surface area (Å²) < 4.78 is 4.92. The second-order valence-electron chi connectivity index (χ2n) is 7.32. The van der Waals surface area contributed by atoms with Crippen molar-refractivity contribution >= 4 is 17.5 Å². The largest absolute Gasteiger partial charge is 0.466 e. The van der Waals surface area contributed by atoms with Crippen molar-refractivity contribution in [1.82, 2.24) is 0 Å². The molecule has 2 atom stereocenters. The number of hydrogen-bond donors (Lipinski definition) is 0. The predicted molar refractivity (Wildman–Crippen MR) is 104 cm³/mol. The van der Waals surface area contributed by atoms with Crippen molar-refractivity contribution < 1.29 is 19.1 Å². The van der Waals surface area contributed by atoms with Gasteiger partial charge in [0.2, 0.25) is 0 Å². The summed E-state index contributed by atoms with van der Waals surface area (Å²) in [6.07, 6.45) is 14.3. The Morgan fingerprint density at radius 1 is 1.04 bits per heavy atom. The van der Waals surface area contributed by atoms with Gasteiger partial charge in [-0.25, -0.2) is 0 Å². The van der Waals surface area contributed by atoms with Crippen LogP contribution in [-0.2, 0) is 19.1 Å². The molecule has 0 aromatic heterocycles. The van der Waals surface area contributed by atoms with E-state index in [9.17, 15) is 14.4 Å². The summed E-state index contributed by atoms with van der Waals surface area (Å²) in [4.78, 5) is 35.3. The number of ketones is 2. The second-order valence-corrected chi connectivity index (χ2v) is 7.32. The van der Waals surface area contributed by atoms with Crippen LogP contribution in [0.3, 0.4) is 0 Å². The molecule has 1 saturated carbocycles. The SMILES string of the molecule is CCCCCC(=O)C=C[C@H]1CCC(=O)[C@@H]1CCCCCCC(=O)OCC. The molecule has 1 aliphatic carbocycles. The lowest BCUT2D eigenvalue weighted by molar-refractivity contribution is -0.143. The molecule has 0 aromatic carbocycles. The normalized spacial score (nSPS) is 20.0. The van der Waals surface area contributed by atoms with Gasteiger partial charge in [-0.15, -0.1) is 0 Å².